The lowest BCUT2D eigenvalue weighted by Gasteiger charge is -2.09. The molecule has 126 valence electrons. The van der Waals surface area contributed by atoms with Crippen LogP contribution in [0.1, 0.15) is 12.5 Å². The van der Waals surface area contributed by atoms with Crippen LogP contribution in [-0.2, 0) is 4.79 Å². The number of ether oxygens (including phenoxy) is 2. The average molecular weight is 348 g/mol. The quantitative estimate of drug-likeness (QED) is 0.609. The molecule has 0 unspecified atom stereocenters. The Bertz CT molecular complexity index is 759. The first-order valence-corrected chi connectivity index (χ1v) is 7.69. The second-order valence-corrected chi connectivity index (χ2v) is 5.26. The van der Waals surface area contributed by atoms with Crippen molar-refractivity contribution in [2.45, 2.75) is 6.92 Å². The van der Waals surface area contributed by atoms with E-state index in [1.807, 2.05) is 13.0 Å². The van der Waals surface area contributed by atoms with Gasteiger partial charge in [0.2, 0.25) is 5.91 Å². The van der Waals surface area contributed by atoms with Crippen LogP contribution in [0.5, 0.6) is 17.2 Å². The molecule has 0 aliphatic carbocycles. The van der Waals surface area contributed by atoms with Crippen molar-refractivity contribution in [2.24, 2.45) is 0 Å². The number of carbonyl (C=O) groups is 1. The van der Waals surface area contributed by atoms with Crippen LogP contribution in [0.4, 0.5) is 5.69 Å². The molecule has 6 heteroatoms. The molecule has 0 aliphatic rings. The summed E-state index contributed by atoms with van der Waals surface area (Å²) in [6.45, 7) is 2.39. The maximum absolute atomic E-state index is 12.0. The number of amides is 1. The smallest absolute Gasteiger partial charge is 0.248 e. The van der Waals surface area contributed by atoms with Crippen molar-refractivity contribution < 1.29 is 19.4 Å². The third-order valence-corrected chi connectivity index (χ3v) is 3.37. The Morgan fingerprint density at radius 1 is 1.25 bits per heavy atom. The fourth-order valence-electron chi connectivity index (χ4n) is 2.02. The van der Waals surface area contributed by atoms with Crippen LogP contribution in [0.25, 0.3) is 6.08 Å². The molecule has 2 aromatic rings. The van der Waals surface area contributed by atoms with Crippen molar-refractivity contribution >= 4 is 29.3 Å². The van der Waals surface area contributed by atoms with Gasteiger partial charge in [0.25, 0.3) is 0 Å². The Balaban J connectivity index is 2.11. The van der Waals surface area contributed by atoms with Gasteiger partial charge in [-0.25, -0.2) is 0 Å². The molecule has 0 radical (unpaired) electrons. The molecular formula is C18H18ClNO4. The van der Waals surface area contributed by atoms with Gasteiger partial charge in [-0.05, 0) is 48.9 Å². The highest BCUT2D eigenvalue weighted by atomic mass is 35.5. The van der Waals surface area contributed by atoms with Gasteiger partial charge in [0.15, 0.2) is 11.5 Å². The minimum absolute atomic E-state index is 0.0516. The molecule has 0 bridgehead atoms. The van der Waals surface area contributed by atoms with Gasteiger partial charge in [-0.2, -0.15) is 0 Å². The van der Waals surface area contributed by atoms with Gasteiger partial charge in [-0.15, -0.1) is 0 Å². The van der Waals surface area contributed by atoms with Crippen LogP contribution in [0.15, 0.2) is 42.5 Å². The summed E-state index contributed by atoms with van der Waals surface area (Å²) in [6, 6.07) is 9.79. The Hall–Kier alpha value is -2.66. The summed E-state index contributed by atoms with van der Waals surface area (Å²) in [7, 11) is 1.57. The number of rotatable bonds is 6. The normalized spacial score (nSPS) is 10.6. The Morgan fingerprint density at radius 3 is 2.75 bits per heavy atom. The van der Waals surface area contributed by atoms with Crippen LogP contribution in [0.3, 0.4) is 0 Å². The van der Waals surface area contributed by atoms with Gasteiger partial charge >= 0.3 is 0 Å². The number of methoxy groups -OCH3 is 1. The van der Waals surface area contributed by atoms with Crippen molar-refractivity contribution in [3.8, 4) is 17.2 Å². The molecule has 2 N–H and O–H groups in total. The van der Waals surface area contributed by atoms with E-state index in [9.17, 15) is 9.90 Å². The van der Waals surface area contributed by atoms with Crippen molar-refractivity contribution in [3.05, 3.63) is 53.1 Å². The molecule has 1 amide bonds. The summed E-state index contributed by atoms with van der Waals surface area (Å²) >= 11 is 5.84. The standard InChI is InChI=1S/C18H18ClNO4/c1-3-24-17-10-12(4-8-16(17)23-2)5-9-18(22)20-14-11-13(19)6-7-15(14)21/h4-11,21H,3H2,1-2H3,(H,20,22)/b9-5+. The lowest BCUT2D eigenvalue weighted by molar-refractivity contribution is -0.111. The third kappa shape index (κ3) is 4.67. The van der Waals surface area contributed by atoms with E-state index in [1.54, 1.807) is 25.3 Å². The van der Waals surface area contributed by atoms with Gasteiger partial charge in [-0.3, -0.25) is 4.79 Å². The lowest BCUT2D eigenvalue weighted by Crippen LogP contribution is -2.07. The fourth-order valence-corrected chi connectivity index (χ4v) is 2.19. The van der Waals surface area contributed by atoms with Crippen molar-refractivity contribution in [2.75, 3.05) is 19.0 Å². The highest BCUT2D eigenvalue weighted by Gasteiger charge is 2.06. The zero-order valence-electron chi connectivity index (χ0n) is 13.4. The number of phenols is 1. The third-order valence-electron chi connectivity index (χ3n) is 3.13. The molecule has 0 saturated heterocycles. The Labute approximate surface area is 145 Å². The number of aromatic hydroxyl groups is 1. The maximum atomic E-state index is 12.0. The second-order valence-electron chi connectivity index (χ2n) is 4.83. The van der Waals surface area contributed by atoms with Crippen LogP contribution >= 0.6 is 11.6 Å². The van der Waals surface area contributed by atoms with E-state index in [0.29, 0.717) is 23.1 Å². The number of anilines is 1. The van der Waals surface area contributed by atoms with Gasteiger partial charge in [-0.1, -0.05) is 17.7 Å². The number of hydrogen-bond donors (Lipinski definition) is 2. The Morgan fingerprint density at radius 2 is 2.04 bits per heavy atom. The van der Waals surface area contributed by atoms with Crippen LogP contribution in [-0.4, -0.2) is 24.7 Å². The van der Waals surface area contributed by atoms with E-state index in [1.165, 1.54) is 24.3 Å². The highest BCUT2D eigenvalue weighted by Crippen LogP contribution is 2.29. The molecule has 24 heavy (non-hydrogen) atoms. The minimum Gasteiger partial charge on any atom is -0.506 e. The van der Waals surface area contributed by atoms with Crippen molar-refractivity contribution in [1.29, 1.82) is 0 Å². The monoisotopic (exact) mass is 347 g/mol. The number of carbonyl (C=O) groups excluding carboxylic acids is 1. The zero-order chi connectivity index (χ0) is 17.5. The summed E-state index contributed by atoms with van der Waals surface area (Å²) < 4.78 is 10.7. The number of nitrogens with one attached hydrogen (secondary N) is 1. The topological polar surface area (TPSA) is 67.8 Å². The summed E-state index contributed by atoms with van der Waals surface area (Å²) in [5.41, 5.74) is 1.03. The Kier molecular flexibility index (Phi) is 6.09. The van der Waals surface area contributed by atoms with Gasteiger partial charge in [0, 0.05) is 11.1 Å². The molecule has 2 rings (SSSR count). The summed E-state index contributed by atoms with van der Waals surface area (Å²) in [5.74, 6) is 0.794. The molecule has 5 nitrogen and oxygen atoms in total. The molecule has 0 saturated carbocycles. The lowest BCUT2D eigenvalue weighted by atomic mass is 10.2. The number of phenolic OH excluding ortho intramolecular Hbond substituents is 1. The first-order chi connectivity index (χ1) is 11.5. The maximum Gasteiger partial charge on any atom is 0.248 e. The second kappa shape index (κ2) is 8.26. The van der Waals surface area contributed by atoms with E-state index in [-0.39, 0.29) is 17.3 Å². The van der Waals surface area contributed by atoms with Gasteiger partial charge in [0.1, 0.15) is 5.75 Å². The highest BCUT2D eigenvalue weighted by molar-refractivity contribution is 6.31. The SMILES string of the molecule is CCOc1cc(/C=C/C(=O)Nc2cc(Cl)ccc2O)ccc1OC. The fraction of sp³-hybridized carbons (Fsp3) is 0.167. The molecule has 0 atom stereocenters. The van der Waals surface area contributed by atoms with Crippen LogP contribution < -0.4 is 14.8 Å². The largest absolute Gasteiger partial charge is 0.506 e. The first kappa shape index (κ1) is 17.7. The van der Waals surface area contributed by atoms with Crippen molar-refractivity contribution in [3.63, 3.8) is 0 Å². The summed E-state index contributed by atoms with van der Waals surface area (Å²) in [5, 5.41) is 12.7. The molecule has 0 aliphatic heterocycles. The number of hydrogen-bond acceptors (Lipinski definition) is 4. The van der Waals surface area contributed by atoms with Gasteiger partial charge < -0.3 is 19.9 Å². The van der Waals surface area contributed by atoms with Crippen molar-refractivity contribution in [1.82, 2.24) is 0 Å². The van der Waals surface area contributed by atoms with E-state index in [0.717, 1.165) is 5.56 Å². The van der Waals surface area contributed by atoms with Crippen LogP contribution in [0.2, 0.25) is 5.02 Å². The van der Waals surface area contributed by atoms with Crippen LogP contribution in [0, 0.1) is 0 Å². The van der Waals surface area contributed by atoms with E-state index < -0.39 is 0 Å². The zero-order valence-corrected chi connectivity index (χ0v) is 14.1. The summed E-state index contributed by atoms with van der Waals surface area (Å²) in [6.07, 6.45) is 3.00. The molecule has 0 spiro atoms. The first-order valence-electron chi connectivity index (χ1n) is 7.32. The number of benzene rings is 2. The van der Waals surface area contributed by atoms with E-state index in [4.69, 9.17) is 21.1 Å². The van der Waals surface area contributed by atoms with E-state index in [2.05, 4.69) is 5.32 Å². The molecule has 0 fully saturated rings. The molecular weight excluding hydrogens is 330 g/mol. The molecule has 0 heterocycles. The van der Waals surface area contributed by atoms with E-state index >= 15 is 0 Å². The summed E-state index contributed by atoms with van der Waals surface area (Å²) in [4.78, 5) is 12.0. The molecule has 2 aromatic carbocycles. The molecule has 0 aromatic heterocycles. The van der Waals surface area contributed by atoms with Gasteiger partial charge in [0.05, 0.1) is 19.4 Å². The predicted octanol–water partition coefficient (Wildman–Crippen LogP) is 4.10. The minimum atomic E-state index is -0.388. The number of halogens is 1. The average Bonchev–Trinajstić information content (AvgIpc) is 2.57. The predicted molar refractivity (Wildman–Crippen MR) is 94.9 cm³/mol.